The van der Waals surface area contributed by atoms with Gasteiger partial charge in [-0.25, -0.2) is 4.79 Å². The fourth-order valence-corrected chi connectivity index (χ4v) is 3.53. The van der Waals surface area contributed by atoms with Crippen LogP contribution in [0.3, 0.4) is 0 Å². The van der Waals surface area contributed by atoms with Crippen molar-refractivity contribution in [2.75, 3.05) is 26.2 Å². The molecule has 0 radical (unpaired) electrons. The van der Waals surface area contributed by atoms with Crippen molar-refractivity contribution in [3.63, 3.8) is 0 Å². The minimum atomic E-state index is -0.422. The minimum Gasteiger partial charge on any atom is -0.449 e. The number of benzene rings is 1. The molecule has 0 aliphatic carbocycles. The highest BCUT2D eigenvalue weighted by Crippen LogP contribution is 2.22. The van der Waals surface area contributed by atoms with Crippen LogP contribution in [-0.2, 0) is 9.53 Å². The molecule has 2 heterocycles. The summed E-state index contributed by atoms with van der Waals surface area (Å²) in [6.07, 6.45) is 0.972. The summed E-state index contributed by atoms with van der Waals surface area (Å²) in [7, 11) is 0. The number of carbonyl (C=O) groups is 4. The summed E-state index contributed by atoms with van der Waals surface area (Å²) < 4.78 is 5.12. The largest absolute Gasteiger partial charge is 0.449 e. The zero-order chi connectivity index (χ0) is 21.0. The summed E-state index contributed by atoms with van der Waals surface area (Å²) in [5, 5.41) is 2.84. The van der Waals surface area contributed by atoms with Crippen LogP contribution in [0.25, 0.3) is 0 Å². The molecule has 0 unspecified atom stereocenters. The van der Waals surface area contributed by atoms with Gasteiger partial charge in [-0.2, -0.15) is 0 Å². The van der Waals surface area contributed by atoms with Crippen LogP contribution in [0.1, 0.15) is 53.8 Å². The number of likely N-dealkylation sites (tertiary alicyclic amines) is 1. The van der Waals surface area contributed by atoms with Gasteiger partial charge in [0.1, 0.15) is 0 Å². The molecule has 8 nitrogen and oxygen atoms in total. The van der Waals surface area contributed by atoms with E-state index >= 15 is 0 Å². The summed E-state index contributed by atoms with van der Waals surface area (Å²) in [4.78, 5) is 51.9. The van der Waals surface area contributed by atoms with Crippen molar-refractivity contribution in [2.45, 2.75) is 39.2 Å². The molecule has 1 aromatic carbocycles. The first-order chi connectivity index (χ1) is 13.9. The second-order valence-corrected chi connectivity index (χ2v) is 7.85. The third kappa shape index (κ3) is 4.93. The first-order valence-electron chi connectivity index (χ1n) is 10.0. The first kappa shape index (κ1) is 20.8. The number of piperidine rings is 1. The van der Waals surface area contributed by atoms with Crippen LogP contribution in [0.5, 0.6) is 0 Å². The molecule has 3 rings (SSSR count). The van der Waals surface area contributed by atoms with Crippen LogP contribution in [0, 0.1) is 5.92 Å². The Morgan fingerprint density at radius 2 is 1.69 bits per heavy atom. The van der Waals surface area contributed by atoms with Crippen LogP contribution in [0.15, 0.2) is 24.3 Å². The molecular weight excluding hydrogens is 374 g/mol. The fourth-order valence-electron chi connectivity index (χ4n) is 3.53. The van der Waals surface area contributed by atoms with Crippen molar-refractivity contribution >= 4 is 23.8 Å². The summed E-state index contributed by atoms with van der Waals surface area (Å²) in [5.41, 5.74) is 0.780. The van der Waals surface area contributed by atoms with E-state index in [-0.39, 0.29) is 42.6 Å². The third-order valence-corrected chi connectivity index (χ3v) is 5.14. The van der Waals surface area contributed by atoms with Gasteiger partial charge in [-0.15, -0.1) is 0 Å². The number of amides is 4. The van der Waals surface area contributed by atoms with Crippen LogP contribution >= 0.6 is 0 Å². The first-order valence-corrected chi connectivity index (χ1v) is 10.0. The number of alkyl carbamates (subject to hydrolysis) is 1. The van der Waals surface area contributed by atoms with Gasteiger partial charge in [0, 0.05) is 32.1 Å². The molecule has 2 aliphatic heterocycles. The molecule has 0 atom stereocenters. The Hall–Kier alpha value is -2.90. The van der Waals surface area contributed by atoms with Crippen molar-refractivity contribution in [2.24, 2.45) is 5.92 Å². The molecule has 1 fully saturated rings. The number of carbonyl (C=O) groups excluding carboxylic acids is 4. The summed E-state index contributed by atoms with van der Waals surface area (Å²) in [5.74, 6) is -0.507. The van der Waals surface area contributed by atoms with Gasteiger partial charge in [0.2, 0.25) is 5.91 Å². The molecule has 1 aromatic rings. The number of fused-ring (bicyclic) bond motifs is 1. The van der Waals surface area contributed by atoms with Gasteiger partial charge < -0.3 is 15.0 Å². The summed E-state index contributed by atoms with van der Waals surface area (Å²) >= 11 is 0. The summed E-state index contributed by atoms with van der Waals surface area (Å²) in [6, 6.07) is 6.67. The van der Waals surface area contributed by atoms with Gasteiger partial charge in [0.15, 0.2) is 0 Å². The lowest BCUT2D eigenvalue weighted by Gasteiger charge is -2.32. The maximum Gasteiger partial charge on any atom is 0.407 e. The van der Waals surface area contributed by atoms with Crippen molar-refractivity contribution in [3.05, 3.63) is 35.4 Å². The van der Waals surface area contributed by atoms with E-state index in [1.165, 1.54) is 0 Å². The lowest BCUT2D eigenvalue weighted by Crippen LogP contribution is -2.47. The standard InChI is InChI=1S/C21H27N3O5/c1-14(2)13-29-21(28)22-15-7-10-23(11-8-15)18(25)9-12-24-19(26)16-5-3-4-6-17(16)20(24)27/h3-6,14-15H,7-13H2,1-2H3,(H,22,28). The van der Waals surface area contributed by atoms with Gasteiger partial charge in [0.05, 0.1) is 17.7 Å². The van der Waals surface area contributed by atoms with E-state index in [1.54, 1.807) is 29.2 Å². The van der Waals surface area contributed by atoms with Crippen molar-refractivity contribution in [1.29, 1.82) is 0 Å². The number of hydrogen-bond donors (Lipinski definition) is 1. The highest BCUT2D eigenvalue weighted by molar-refractivity contribution is 6.21. The normalized spacial score (nSPS) is 16.9. The van der Waals surface area contributed by atoms with Gasteiger partial charge in [-0.05, 0) is 30.9 Å². The van der Waals surface area contributed by atoms with Crippen LogP contribution in [0.4, 0.5) is 4.79 Å². The molecule has 4 amide bonds. The molecule has 0 saturated carbocycles. The minimum absolute atomic E-state index is 0.0186. The lowest BCUT2D eigenvalue weighted by molar-refractivity contribution is -0.132. The molecule has 0 spiro atoms. The molecular formula is C21H27N3O5. The molecule has 29 heavy (non-hydrogen) atoms. The van der Waals surface area contributed by atoms with Crippen LogP contribution < -0.4 is 5.32 Å². The second kappa shape index (κ2) is 9.07. The number of nitrogens with one attached hydrogen (secondary N) is 1. The Labute approximate surface area is 170 Å². The van der Waals surface area contributed by atoms with Crippen molar-refractivity contribution in [3.8, 4) is 0 Å². The lowest BCUT2D eigenvalue weighted by atomic mass is 10.0. The molecule has 156 valence electrons. The Balaban J connectivity index is 1.42. The molecule has 0 aromatic heterocycles. The zero-order valence-corrected chi connectivity index (χ0v) is 16.8. The van der Waals surface area contributed by atoms with Gasteiger partial charge in [-0.1, -0.05) is 26.0 Å². The van der Waals surface area contributed by atoms with Crippen LogP contribution in [0.2, 0.25) is 0 Å². The Morgan fingerprint density at radius 3 is 2.24 bits per heavy atom. The van der Waals surface area contributed by atoms with Gasteiger partial charge >= 0.3 is 6.09 Å². The van der Waals surface area contributed by atoms with E-state index in [9.17, 15) is 19.2 Å². The third-order valence-electron chi connectivity index (χ3n) is 5.14. The van der Waals surface area contributed by atoms with E-state index in [0.717, 1.165) is 4.90 Å². The van der Waals surface area contributed by atoms with E-state index in [1.807, 2.05) is 13.8 Å². The highest BCUT2D eigenvalue weighted by Gasteiger charge is 2.35. The molecule has 1 saturated heterocycles. The fraction of sp³-hybridized carbons (Fsp3) is 0.524. The SMILES string of the molecule is CC(C)COC(=O)NC1CCN(C(=O)CCN2C(=O)c3ccccc3C2=O)CC1. The van der Waals surface area contributed by atoms with Crippen molar-refractivity contribution in [1.82, 2.24) is 15.1 Å². The predicted molar refractivity (Wildman–Crippen MR) is 105 cm³/mol. The number of nitrogens with zero attached hydrogens (tertiary/aromatic N) is 2. The zero-order valence-electron chi connectivity index (χ0n) is 16.8. The quantitative estimate of drug-likeness (QED) is 0.736. The Bertz CT molecular complexity index is 764. The predicted octanol–water partition coefficient (Wildman–Crippen LogP) is 2.05. The Morgan fingerprint density at radius 1 is 1.10 bits per heavy atom. The smallest absolute Gasteiger partial charge is 0.407 e. The van der Waals surface area contributed by atoms with E-state index in [2.05, 4.69) is 5.32 Å². The second-order valence-electron chi connectivity index (χ2n) is 7.85. The summed E-state index contributed by atoms with van der Waals surface area (Å²) in [6.45, 7) is 5.44. The molecule has 8 heteroatoms. The van der Waals surface area contributed by atoms with E-state index < -0.39 is 6.09 Å². The van der Waals surface area contributed by atoms with Crippen molar-refractivity contribution < 1.29 is 23.9 Å². The molecule has 2 aliphatic rings. The maximum absolute atomic E-state index is 12.5. The number of hydrogen-bond acceptors (Lipinski definition) is 5. The monoisotopic (exact) mass is 401 g/mol. The number of ether oxygens (including phenoxy) is 1. The van der Waals surface area contributed by atoms with E-state index in [0.29, 0.717) is 43.7 Å². The highest BCUT2D eigenvalue weighted by atomic mass is 16.5. The average molecular weight is 401 g/mol. The van der Waals surface area contributed by atoms with Gasteiger partial charge in [-0.3, -0.25) is 19.3 Å². The average Bonchev–Trinajstić information content (AvgIpc) is 2.95. The Kier molecular flexibility index (Phi) is 6.51. The molecule has 0 bridgehead atoms. The maximum atomic E-state index is 12.5. The van der Waals surface area contributed by atoms with Gasteiger partial charge in [0.25, 0.3) is 11.8 Å². The number of rotatable bonds is 6. The topological polar surface area (TPSA) is 96.0 Å². The molecule has 1 N–H and O–H groups in total. The van der Waals surface area contributed by atoms with Crippen LogP contribution in [-0.4, -0.2) is 65.9 Å². The van der Waals surface area contributed by atoms with E-state index in [4.69, 9.17) is 4.74 Å². The number of imide groups is 1.